The van der Waals surface area contributed by atoms with Crippen molar-refractivity contribution in [1.82, 2.24) is 15.3 Å². The first kappa shape index (κ1) is 12.2. The van der Waals surface area contributed by atoms with Crippen molar-refractivity contribution in [3.63, 3.8) is 0 Å². The molecule has 0 unspecified atom stereocenters. The largest absolute Gasteiger partial charge is 0.378 e. The first-order valence-corrected chi connectivity index (χ1v) is 5.90. The molecule has 1 aromatic heterocycles. The lowest BCUT2D eigenvalue weighted by Crippen LogP contribution is -2.22. The zero-order valence-electron chi connectivity index (χ0n) is 10.2. The number of carbonyl (C=O) groups excluding carboxylic acids is 1. The van der Waals surface area contributed by atoms with E-state index in [4.69, 9.17) is 0 Å². The van der Waals surface area contributed by atoms with Crippen LogP contribution in [0.1, 0.15) is 23.1 Å². The third-order valence-corrected chi connectivity index (χ3v) is 2.50. The summed E-state index contributed by atoms with van der Waals surface area (Å²) in [6.07, 6.45) is 3.50. The van der Waals surface area contributed by atoms with Crippen LogP contribution in [-0.2, 0) is 6.54 Å². The average molecular weight is 244 g/mol. The molecule has 3 N–H and O–H groups in total. The Labute approximate surface area is 106 Å². The summed E-state index contributed by atoms with van der Waals surface area (Å²) in [5.74, 6) is 0.831. The van der Waals surface area contributed by atoms with Crippen LogP contribution >= 0.6 is 0 Å². The number of rotatable bonds is 5. The van der Waals surface area contributed by atoms with Crippen molar-refractivity contribution in [3.8, 4) is 0 Å². The number of nitrogens with zero attached hydrogens (tertiary/aromatic N) is 1. The molecule has 0 atom stereocenters. The number of aromatic amines is 1. The molecule has 0 aliphatic carbocycles. The number of carbonyl (C=O) groups is 1. The number of imidazole rings is 1. The standard InChI is InChI=1S/C13H16N4O/c1-2-14-13(18)10-3-5-11(6-4-10)17-9-12-15-7-8-16-12/h3-8,17H,2,9H2,1H3,(H,14,18)(H,15,16). The summed E-state index contributed by atoms with van der Waals surface area (Å²) in [6, 6.07) is 7.37. The Morgan fingerprint density at radius 3 is 2.72 bits per heavy atom. The fourth-order valence-corrected chi connectivity index (χ4v) is 1.58. The van der Waals surface area contributed by atoms with Crippen molar-refractivity contribution in [2.45, 2.75) is 13.5 Å². The Balaban J connectivity index is 1.93. The number of amides is 1. The second kappa shape index (κ2) is 5.86. The molecule has 0 saturated carbocycles. The number of nitrogens with one attached hydrogen (secondary N) is 3. The van der Waals surface area contributed by atoms with E-state index in [0.29, 0.717) is 18.7 Å². The Morgan fingerprint density at radius 2 is 2.11 bits per heavy atom. The summed E-state index contributed by atoms with van der Waals surface area (Å²) >= 11 is 0. The zero-order valence-corrected chi connectivity index (χ0v) is 10.2. The summed E-state index contributed by atoms with van der Waals surface area (Å²) < 4.78 is 0. The van der Waals surface area contributed by atoms with Gasteiger partial charge in [-0.2, -0.15) is 0 Å². The van der Waals surface area contributed by atoms with Gasteiger partial charge in [0.15, 0.2) is 0 Å². The molecule has 0 saturated heterocycles. The number of hydrogen-bond acceptors (Lipinski definition) is 3. The monoisotopic (exact) mass is 244 g/mol. The van der Waals surface area contributed by atoms with Gasteiger partial charge in [0.05, 0.1) is 6.54 Å². The van der Waals surface area contributed by atoms with Crippen LogP contribution in [-0.4, -0.2) is 22.4 Å². The van der Waals surface area contributed by atoms with Crippen LogP contribution in [0.2, 0.25) is 0 Å². The molecule has 1 amide bonds. The van der Waals surface area contributed by atoms with Gasteiger partial charge in [-0.05, 0) is 31.2 Å². The molecule has 2 rings (SSSR count). The Morgan fingerprint density at radius 1 is 1.33 bits per heavy atom. The molecule has 5 heteroatoms. The van der Waals surface area contributed by atoms with E-state index in [1.807, 2.05) is 19.1 Å². The molecule has 1 heterocycles. The lowest BCUT2D eigenvalue weighted by molar-refractivity contribution is 0.0956. The second-order valence-electron chi connectivity index (χ2n) is 3.83. The van der Waals surface area contributed by atoms with Crippen LogP contribution in [0.5, 0.6) is 0 Å². The SMILES string of the molecule is CCNC(=O)c1ccc(NCc2ncc[nH]2)cc1. The quantitative estimate of drug-likeness (QED) is 0.750. The second-order valence-corrected chi connectivity index (χ2v) is 3.83. The van der Waals surface area contributed by atoms with Crippen molar-refractivity contribution >= 4 is 11.6 Å². The third kappa shape index (κ3) is 3.10. The number of anilines is 1. The predicted molar refractivity (Wildman–Crippen MR) is 70.4 cm³/mol. The lowest BCUT2D eigenvalue weighted by atomic mass is 10.2. The summed E-state index contributed by atoms with van der Waals surface area (Å²) in [4.78, 5) is 18.7. The minimum Gasteiger partial charge on any atom is -0.378 e. The first-order valence-electron chi connectivity index (χ1n) is 5.90. The van der Waals surface area contributed by atoms with E-state index in [-0.39, 0.29) is 5.91 Å². The maximum Gasteiger partial charge on any atom is 0.251 e. The fourth-order valence-electron chi connectivity index (χ4n) is 1.58. The van der Waals surface area contributed by atoms with Crippen LogP contribution in [0.15, 0.2) is 36.7 Å². The van der Waals surface area contributed by atoms with Gasteiger partial charge in [-0.15, -0.1) is 0 Å². The number of H-pyrrole nitrogens is 1. The summed E-state index contributed by atoms with van der Waals surface area (Å²) in [7, 11) is 0. The summed E-state index contributed by atoms with van der Waals surface area (Å²) in [5, 5.41) is 5.98. The molecule has 0 aliphatic heterocycles. The molecule has 5 nitrogen and oxygen atoms in total. The van der Waals surface area contributed by atoms with Crippen LogP contribution in [0.4, 0.5) is 5.69 Å². The van der Waals surface area contributed by atoms with Gasteiger partial charge in [0.25, 0.3) is 5.91 Å². The van der Waals surface area contributed by atoms with E-state index < -0.39 is 0 Å². The van der Waals surface area contributed by atoms with Gasteiger partial charge >= 0.3 is 0 Å². The Bertz CT molecular complexity index is 490. The van der Waals surface area contributed by atoms with Crippen molar-refractivity contribution in [1.29, 1.82) is 0 Å². The normalized spacial score (nSPS) is 10.1. The molecule has 94 valence electrons. The highest BCUT2D eigenvalue weighted by atomic mass is 16.1. The average Bonchev–Trinajstić information content (AvgIpc) is 2.90. The zero-order chi connectivity index (χ0) is 12.8. The highest BCUT2D eigenvalue weighted by Gasteiger charge is 2.03. The first-order chi connectivity index (χ1) is 8.79. The Kier molecular flexibility index (Phi) is 3.96. The number of hydrogen-bond donors (Lipinski definition) is 3. The van der Waals surface area contributed by atoms with Gasteiger partial charge in [0.1, 0.15) is 5.82 Å². The van der Waals surface area contributed by atoms with E-state index in [1.54, 1.807) is 24.5 Å². The smallest absolute Gasteiger partial charge is 0.251 e. The molecule has 0 bridgehead atoms. The molecular formula is C13H16N4O. The minimum atomic E-state index is -0.0462. The van der Waals surface area contributed by atoms with E-state index in [9.17, 15) is 4.79 Å². The van der Waals surface area contributed by atoms with Crippen LogP contribution in [0, 0.1) is 0 Å². The summed E-state index contributed by atoms with van der Waals surface area (Å²) in [6.45, 7) is 3.17. The van der Waals surface area contributed by atoms with Crippen LogP contribution in [0.25, 0.3) is 0 Å². The molecule has 0 spiro atoms. The minimum absolute atomic E-state index is 0.0462. The van der Waals surface area contributed by atoms with Crippen molar-refractivity contribution in [2.75, 3.05) is 11.9 Å². The van der Waals surface area contributed by atoms with Gasteiger partial charge in [0, 0.05) is 30.2 Å². The highest BCUT2D eigenvalue weighted by molar-refractivity contribution is 5.94. The van der Waals surface area contributed by atoms with Gasteiger partial charge in [-0.25, -0.2) is 4.98 Å². The lowest BCUT2D eigenvalue weighted by Gasteiger charge is -2.06. The molecule has 0 aliphatic rings. The van der Waals surface area contributed by atoms with Crippen LogP contribution < -0.4 is 10.6 Å². The maximum atomic E-state index is 11.6. The van der Waals surface area contributed by atoms with Gasteiger partial charge in [-0.1, -0.05) is 0 Å². The van der Waals surface area contributed by atoms with Crippen LogP contribution in [0.3, 0.4) is 0 Å². The van der Waals surface area contributed by atoms with E-state index in [0.717, 1.165) is 11.5 Å². The molecule has 1 aromatic carbocycles. The fraction of sp³-hybridized carbons (Fsp3) is 0.231. The third-order valence-electron chi connectivity index (χ3n) is 2.50. The summed E-state index contributed by atoms with van der Waals surface area (Å²) in [5.41, 5.74) is 1.62. The number of aromatic nitrogens is 2. The molecule has 0 fully saturated rings. The molecule has 0 radical (unpaired) electrons. The molecule has 18 heavy (non-hydrogen) atoms. The van der Waals surface area contributed by atoms with E-state index in [2.05, 4.69) is 20.6 Å². The van der Waals surface area contributed by atoms with Crippen molar-refractivity contribution in [2.24, 2.45) is 0 Å². The van der Waals surface area contributed by atoms with E-state index >= 15 is 0 Å². The van der Waals surface area contributed by atoms with E-state index in [1.165, 1.54) is 0 Å². The topological polar surface area (TPSA) is 69.8 Å². The van der Waals surface area contributed by atoms with Gasteiger partial charge in [-0.3, -0.25) is 4.79 Å². The highest BCUT2D eigenvalue weighted by Crippen LogP contribution is 2.10. The molecular weight excluding hydrogens is 228 g/mol. The van der Waals surface area contributed by atoms with Crippen molar-refractivity contribution < 1.29 is 4.79 Å². The predicted octanol–water partition coefficient (Wildman–Crippen LogP) is 1.77. The van der Waals surface area contributed by atoms with Gasteiger partial charge in [0.2, 0.25) is 0 Å². The molecule has 2 aromatic rings. The van der Waals surface area contributed by atoms with Gasteiger partial charge < -0.3 is 15.6 Å². The maximum absolute atomic E-state index is 11.6. The van der Waals surface area contributed by atoms with Crippen molar-refractivity contribution in [3.05, 3.63) is 48.0 Å². The Hall–Kier alpha value is -2.30. The number of benzene rings is 1.